The summed E-state index contributed by atoms with van der Waals surface area (Å²) in [5.74, 6) is 2.69. The zero-order valence-corrected chi connectivity index (χ0v) is 20.3. The van der Waals surface area contributed by atoms with Crippen LogP contribution in [0.25, 0.3) is 11.4 Å². The third-order valence-electron chi connectivity index (χ3n) is 6.72. The van der Waals surface area contributed by atoms with Crippen LogP contribution in [0.3, 0.4) is 0 Å². The molecule has 1 aliphatic carbocycles. The highest BCUT2D eigenvalue weighted by molar-refractivity contribution is 6.33. The van der Waals surface area contributed by atoms with Gasteiger partial charge in [-0.25, -0.2) is 0 Å². The molecule has 5 rings (SSSR count). The average molecular weight is 480 g/mol. The molecule has 2 aliphatic rings. The van der Waals surface area contributed by atoms with Crippen LogP contribution in [-0.4, -0.2) is 27.9 Å². The standard InChI is InChI=1S/C24H27ClN4.2ClH/c1-17-10-14-29(15-11-17)19-8-9-20(21(25)16-19)22-26-27-23(28(22)2)24(12-13-24)18-6-4-3-5-7-18;;/h3-9,16-17H,10-15H2,1-2H3;2*1H. The fourth-order valence-corrected chi connectivity index (χ4v) is 4.91. The summed E-state index contributed by atoms with van der Waals surface area (Å²) in [7, 11) is 2.06. The predicted octanol–water partition coefficient (Wildman–Crippen LogP) is 6.30. The molecule has 0 atom stereocenters. The molecule has 166 valence electrons. The Kier molecular flexibility index (Phi) is 7.25. The van der Waals surface area contributed by atoms with Crippen LogP contribution < -0.4 is 4.90 Å². The molecule has 0 unspecified atom stereocenters. The van der Waals surface area contributed by atoms with E-state index >= 15 is 0 Å². The van der Waals surface area contributed by atoms with E-state index in [9.17, 15) is 0 Å². The van der Waals surface area contributed by atoms with Gasteiger partial charge in [0.1, 0.15) is 5.82 Å². The van der Waals surface area contributed by atoms with Gasteiger partial charge in [0.05, 0.1) is 10.4 Å². The summed E-state index contributed by atoms with van der Waals surface area (Å²) in [4.78, 5) is 2.44. The summed E-state index contributed by atoms with van der Waals surface area (Å²) in [5, 5.41) is 9.90. The van der Waals surface area contributed by atoms with E-state index in [0.717, 1.165) is 54.1 Å². The lowest BCUT2D eigenvalue weighted by atomic mass is 9.95. The largest absolute Gasteiger partial charge is 0.371 e. The fourth-order valence-electron chi connectivity index (χ4n) is 4.65. The summed E-state index contributed by atoms with van der Waals surface area (Å²) in [6.07, 6.45) is 4.72. The monoisotopic (exact) mass is 478 g/mol. The first-order valence-corrected chi connectivity index (χ1v) is 11.0. The van der Waals surface area contributed by atoms with E-state index in [1.54, 1.807) is 0 Å². The number of hydrogen-bond donors (Lipinski definition) is 0. The molecule has 2 heterocycles. The van der Waals surface area contributed by atoms with E-state index in [4.69, 9.17) is 11.6 Å². The number of anilines is 1. The smallest absolute Gasteiger partial charge is 0.165 e. The van der Waals surface area contributed by atoms with Crippen molar-refractivity contribution in [2.24, 2.45) is 13.0 Å². The summed E-state index contributed by atoms with van der Waals surface area (Å²) < 4.78 is 2.13. The molecule has 2 aromatic carbocycles. The highest BCUT2D eigenvalue weighted by Gasteiger charge is 2.49. The first kappa shape index (κ1) is 23.9. The van der Waals surface area contributed by atoms with Crippen molar-refractivity contribution in [2.45, 2.75) is 38.0 Å². The lowest BCUT2D eigenvalue weighted by molar-refractivity contribution is 0.438. The van der Waals surface area contributed by atoms with Crippen LogP contribution in [0.1, 0.15) is 44.0 Å². The Bertz CT molecular complexity index is 1020. The van der Waals surface area contributed by atoms with E-state index < -0.39 is 0 Å². The number of hydrogen-bond acceptors (Lipinski definition) is 3. The molecule has 0 spiro atoms. The minimum Gasteiger partial charge on any atom is -0.371 e. The lowest BCUT2D eigenvalue weighted by Crippen LogP contribution is -2.32. The maximum absolute atomic E-state index is 6.73. The topological polar surface area (TPSA) is 34.0 Å². The maximum Gasteiger partial charge on any atom is 0.165 e. The highest BCUT2D eigenvalue weighted by Crippen LogP contribution is 2.53. The van der Waals surface area contributed by atoms with Crippen molar-refractivity contribution in [2.75, 3.05) is 18.0 Å². The molecule has 4 nitrogen and oxygen atoms in total. The normalized spacial score (nSPS) is 17.6. The van der Waals surface area contributed by atoms with E-state index in [2.05, 4.69) is 82.2 Å². The van der Waals surface area contributed by atoms with Crippen LogP contribution in [0, 0.1) is 5.92 Å². The van der Waals surface area contributed by atoms with Gasteiger partial charge >= 0.3 is 0 Å². The average Bonchev–Trinajstić information content (AvgIpc) is 3.46. The van der Waals surface area contributed by atoms with Gasteiger partial charge in [0.15, 0.2) is 5.82 Å². The first-order chi connectivity index (χ1) is 14.1. The maximum atomic E-state index is 6.73. The van der Waals surface area contributed by atoms with Gasteiger partial charge in [-0.05, 0) is 55.4 Å². The molecule has 0 radical (unpaired) electrons. The van der Waals surface area contributed by atoms with Crippen molar-refractivity contribution in [3.8, 4) is 11.4 Å². The molecule has 1 saturated carbocycles. The molecule has 0 N–H and O–H groups in total. The van der Waals surface area contributed by atoms with Crippen LogP contribution in [0.15, 0.2) is 48.5 Å². The van der Waals surface area contributed by atoms with Crippen molar-refractivity contribution in [1.82, 2.24) is 14.8 Å². The minimum absolute atomic E-state index is 0. The highest BCUT2D eigenvalue weighted by atomic mass is 35.5. The van der Waals surface area contributed by atoms with Crippen LogP contribution in [0.5, 0.6) is 0 Å². The molecule has 3 aromatic rings. The predicted molar refractivity (Wildman–Crippen MR) is 133 cm³/mol. The van der Waals surface area contributed by atoms with Gasteiger partial charge in [-0.3, -0.25) is 0 Å². The first-order valence-electron chi connectivity index (χ1n) is 10.6. The minimum atomic E-state index is -0.00181. The second-order valence-electron chi connectivity index (χ2n) is 8.69. The Hall–Kier alpha value is -1.75. The van der Waals surface area contributed by atoms with Crippen molar-refractivity contribution >= 4 is 42.1 Å². The Morgan fingerprint density at radius 2 is 1.65 bits per heavy atom. The molecular weight excluding hydrogens is 451 g/mol. The zero-order valence-electron chi connectivity index (χ0n) is 17.9. The SMILES string of the molecule is CC1CCN(c2ccc(-c3nnc(C4(c5ccccc5)CC4)n3C)c(Cl)c2)CC1.Cl.Cl. The second-order valence-corrected chi connectivity index (χ2v) is 9.10. The van der Waals surface area contributed by atoms with Crippen molar-refractivity contribution in [3.63, 3.8) is 0 Å². The number of aromatic nitrogens is 3. The van der Waals surface area contributed by atoms with Gasteiger partial charge in [0.25, 0.3) is 0 Å². The van der Waals surface area contributed by atoms with E-state index in [1.807, 2.05) is 0 Å². The lowest BCUT2D eigenvalue weighted by Gasteiger charge is -2.32. The Balaban J connectivity index is 0.00000136. The fraction of sp³-hybridized carbons (Fsp3) is 0.417. The van der Waals surface area contributed by atoms with Crippen LogP contribution in [0.2, 0.25) is 5.02 Å². The molecule has 0 amide bonds. The van der Waals surface area contributed by atoms with Gasteiger partial charge in [-0.15, -0.1) is 35.0 Å². The number of rotatable bonds is 4. The van der Waals surface area contributed by atoms with Crippen LogP contribution >= 0.6 is 36.4 Å². The molecule has 7 heteroatoms. The third kappa shape index (κ3) is 4.30. The number of halogens is 3. The summed E-state index contributed by atoms with van der Waals surface area (Å²) >= 11 is 6.73. The van der Waals surface area contributed by atoms with E-state index in [1.165, 1.54) is 24.1 Å². The number of piperidine rings is 1. The van der Waals surface area contributed by atoms with E-state index in [-0.39, 0.29) is 30.2 Å². The van der Waals surface area contributed by atoms with Crippen LogP contribution in [-0.2, 0) is 12.5 Å². The van der Waals surface area contributed by atoms with Gasteiger partial charge in [0, 0.05) is 31.4 Å². The van der Waals surface area contributed by atoms with Gasteiger partial charge in [-0.1, -0.05) is 48.9 Å². The molecule has 1 saturated heterocycles. The van der Waals surface area contributed by atoms with Gasteiger partial charge < -0.3 is 9.47 Å². The zero-order chi connectivity index (χ0) is 20.0. The van der Waals surface area contributed by atoms with Crippen molar-refractivity contribution in [1.29, 1.82) is 0 Å². The molecule has 1 aliphatic heterocycles. The van der Waals surface area contributed by atoms with Gasteiger partial charge in [-0.2, -0.15) is 0 Å². The van der Waals surface area contributed by atoms with Crippen molar-refractivity contribution < 1.29 is 0 Å². The summed E-state index contributed by atoms with van der Waals surface area (Å²) in [5.41, 5.74) is 3.47. The Morgan fingerprint density at radius 3 is 2.26 bits per heavy atom. The number of benzene rings is 2. The second kappa shape index (κ2) is 9.40. The molecule has 31 heavy (non-hydrogen) atoms. The van der Waals surface area contributed by atoms with Crippen molar-refractivity contribution in [3.05, 3.63) is 64.9 Å². The molecule has 2 fully saturated rings. The molecular formula is C24H29Cl3N4. The number of nitrogens with zero attached hydrogens (tertiary/aromatic N) is 4. The summed E-state index contributed by atoms with van der Waals surface area (Å²) in [6.45, 7) is 4.54. The molecule has 0 bridgehead atoms. The van der Waals surface area contributed by atoms with Crippen LogP contribution in [0.4, 0.5) is 5.69 Å². The summed E-state index contributed by atoms with van der Waals surface area (Å²) in [6, 6.07) is 17.0. The Morgan fingerprint density at radius 1 is 0.968 bits per heavy atom. The quantitative estimate of drug-likeness (QED) is 0.440. The third-order valence-corrected chi connectivity index (χ3v) is 7.03. The van der Waals surface area contributed by atoms with Gasteiger partial charge in [0.2, 0.25) is 0 Å². The Labute approximate surface area is 201 Å². The van der Waals surface area contributed by atoms with E-state index in [0.29, 0.717) is 0 Å². The molecule has 1 aromatic heterocycles.